The minimum absolute atomic E-state index is 0.210. The normalized spacial score (nSPS) is 10.5. The number of nitrogens with one attached hydrogen (secondary N) is 2. The van der Waals surface area contributed by atoms with Crippen LogP contribution in [-0.2, 0) is 0 Å². The zero-order chi connectivity index (χ0) is 15.9. The van der Waals surface area contributed by atoms with Crippen LogP contribution in [0.4, 0.5) is 16.0 Å². The molecule has 6 heteroatoms. The maximum atomic E-state index is 13.5. The average molecular weight is 302 g/mol. The van der Waals surface area contributed by atoms with Gasteiger partial charge >= 0.3 is 0 Å². The van der Waals surface area contributed by atoms with Crippen molar-refractivity contribution in [3.8, 4) is 0 Å². The van der Waals surface area contributed by atoms with E-state index in [-0.39, 0.29) is 23.4 Å². The van der Waals surface area contributed by atoms with E-state index < -0.39 is 0 Å². The molecule has 1 heterocycles. The number of carbonyl (C=O) groups is 1. The standard InChI is InChI=1S/C16H19FN4O/c1-11(2)7-8-18-15(22)12-9-19-16(20-10-12)21-14-6-4-3-5-13(14)17/h3-6,9-11H,7-8H2,1-2H3,(H,18,22)(H,19,20,21). The molecular formula is C16H19FN4O. The van der Waals surface area contributed by atoms with Crippen LogP contribution < -0.4 is 10.6 Å². The summed E-state index contributed by atoms with van der Waals surface area (Å²) in [4.78, 5) is 19.9. The summed E-state index contributed by atoms with van der Waals surface area (Å²) < 4.78 is 13.5. The maximum absolute atomic E-state index is 13.5. The molecule has 22 heavy (non-hydrogen) atoms. The first-order chi connectivity index (χ1) is 10.6. The van der Waals surface area contributed by atoms with Crippen molar-refractivity contribution in [3.05, 3.63) is 48.0 Å². The van der Waals surface area contributed by atoms with Crippen molar-refractivity contribution >= 4 is 17.5 Å². The van der Waals surface area contributed by atoms with E-state index in [1.54, 1.807) is 18.2 Å². The Morgan fingerprint density at radius 2 is 1.91 bits per heavy atom. The second-order valence-corrected chi connectivity index (χ2v) is 5.34. The number of para-hydroxylation sites is 1. The number of hydrogen-bond acceptors (Lipinski definition) is 4. The third kappa shape index (κ3) is 4.51. The molecule has 2 N–H and O–H groups in total. The molecule has 5 nitrogen and oxygen atoms in total. The van der Waals surface area contributed by atoms with Gasteiger partial charge in [-0.2, -0.15) is 0 Å². The molecule has 0 spiro atoms. The van der Waals surface area contributed by atoms with E-state index in [1.807, 2.05) is 0 Å². The van der Waals surface area contributed by atoms with Crippen LogP contribution in [-0.4, -0.2) is 22.4 Å². The van der Waals surface area contributed by atoms with Crippen LogP contribution in [0.15, 0.2) is 36.7 Å². The van der Waals surface area contributed by atoms with Gasteiger partial charge in [0.2, 0.25) is 5.95 Å². The van der Waals surface area contributed by atoms with E-state index >= 15 is 0 Å². The minimum atomic E-state index is -0.387. The number of nitrogens with zero attached hydrogens (tertiary/aromatic N) is 2. The highest BCUT2D eigenvalue weighted by Crippen LogP contribution is 2.16. The van der Waals surface area contributed by atoms with Gasteiger partial charge in [0.15, 0.2) is 0 Å². The van der Waals surface area contributed by atoms with E-state index in [0.29, 0.717) is 18.0 Å². The highest BCUT2D eigenvalue weighted by Gasteiger charge is 2.08. The molecule has 1 amide bonds. The van der Waals surface area contributed by atoms with Gasteiger partial charge in [0.1, 0.15) is 5.82 Å². The molecule has 0 aliphatic carbocycles. The number of anilines is 2. The molecule has 1 aromatic carbocycles. The van der Waals surface area contributed by atoms with Crippen molar-refractivity contribution in [1.82, 2.24) is 15.3 Å². The Hall–Kier alpha value is -2.50. The quantitative estimate of drug-likeness (QED) is 0.860. The Morgan fingerprint density at radius 3 is 2.55 bits per heavy atom. The van der Waals surface area contributed by atoms with Gasteiger partial charge in [-0.3, -0.25) is 4.79 Å². The molecule has 2 rings (SSSR count). The Kier molecular flexibility index (Phi) is 5.41. The highest BCUT2D eigenvalue weighted by atomic mass is 19.1. The summed E-state index contributed by atoms with van der Waals surface area (Å²) in [6, 6.07) is 6.25. The Labute approximate surface area is 129 Å². The first kappa shape index (κ1) is 15.9. The SMILES string of the molecule is CC(C)CCNC(=O)c1cnc(Nc2ccccc2F)nc1. The van der Waals surface area contributed by atoms with Crippen molar-refractivity contribution in [2.24, 2.45) is 5.92 Å². The highest BCUT2D eigenvalue weighted by molar-refractivity contribution is 5.93. The van der Waals surface area contributed by atoms with Crippen LogP contribution in [0, 0.1) is 11.7 Å². The molecule has 0 aliphatic heterocycles. The lowest BCUT2D eigenvalue weighted by atomic mass is 10.1. The van der Waals surface area contributed by atoms with Crippen molar-refractivity contribution in [3.63, 3.8) is 0 Å². The summed E-state index contributed by atoms with van der Waals surface area (Å²) in [6.07, 6.45) is 3.75. The molecule has 0 aliphatic rings. The summed E-state index contributed by atoms with van der Waals surface area (Å²) in [7, 11) is 0. The second kappa shape index (κ2) is 7.49. The molecule has 116 valence electrons. The first-order valence-electron chi connectivity index (χ1n) is 7.18. The van der Waals surface area contributed by atoms with Crippen LogP contribution in [0.25, 0.3) is 0 Å². The molecule has 1 aromatic heterocycles. The molecule has 0 saturated carbocycles. The molecule has 0 bridgehead atoms. The van der Waals surface area contributed by atoms with Crippen molar-refractivity contribution in [2.45, 2.75) is 20.3 Å². The zero-order valence-corrected chi connectivity index (χ0v) is 12.6. The summed E-state index contributed by atoms with van der Waals surface area (Å²) in [5.74, 6) is 0.174. The smallest absolute Gasteiger partial charge is 0.254 e. The number of carbonyl (C=O) groups excluding carboxylic acids is 1. The fourth-order valence-corrected chi connectivity index (χ4v) is 1.77. The largest absolute Gasteiger partial charge is 0.352 e. The van der Waals surface area contributed by atoms with Gasteiger partial charge in [0.25, 0.3) is 5.91 Å². The van der Waals surface area contributed by atoms with Crippen LogP contribution in [0.5, 0.6) is 0 Å². The molecule has 0 radical (unpaired) electrons. The predicted octanol–water partition coefficient (Wildman–Crippen LogP) is 3.14. The maximum Gasteiger partial charge on any atom is 0.254 e. The van der Waals surface area contributed by atoms with Crippen LogP contribution in [0.2, 0.25) is 0 Å². The number of aromatic nitrogens is 2. The minimum Gasteiger partial charge on any atom is -0.352 e. The second-order valence-electron chi connectivity index (χ2n) is 5.34. The van der Waals surface area contributed by atoms with Crippen LogP contribution >= 0.6 is 0 Å². The van der Waals surface area contributed by atoms with E-state index in [4.69, 9.17) is 0 Å². The summed E-state index contributed by atoms with van der Waals surface area (Å²) >= 11 is 0. The van der Waals surface area contributed by atoms with Gasteiger partial charge in [0.05, 0.1) is 11.3 Å². The molecular weight excluding hydrogens is 283 g/mol. The number of halogens is 1. The van der Waals surface area contributed by atoms with E-state index in [0.717, 1.165) is 6.42 Å². The molecule has 0 saturated heterocycles. The fourth-order valence-electron chi connectivity index (χ4n) is 1.77. The average Bonchev–Trinajstić information content (AvgIpc) is 2.50. The van der Waals surface area contributed by atoms with Crippen molar-refractivity contribution in [2.75, 3.05) is 11.9 Å². The van der Waals surface area contributed by atoms with Crippen molar-refractivity contribution < 1.29 is 9.18 Å². The van der Waals surface area contributed by atoms with E-state index in [1.165, 1.54) is 18.5 Å². The Morgan fingerprint density at radius 1 is 1.23 bits per heavy atom. The Bertz CT molecular complexity index is 628. The third-order valence-corrected chi connectivity index (χ3v) is 3.04. The van der Waals surface area contributed by atoms with E-state index in [9.17, 15) is 9.18 Å². The van der Waals surface area contributed by atoms with E-state index in [2.05, 4.69) is 34.4 Å². The summed E-state index contributed by atoms with van der Waals surface area (Å²) in [6.45, 7) is 4.81. The lowest BCUT2D eigenvalue weighted by Gasteiger charge is -2.08. The lowest BCUT2D eigenvalue weighted by molar-refractivity contribution is 0.0951. The fraction of sp³-hybridized carbons (Fsp3) is 0.312. The number of benzene rings is 1. The molecule has 0 atom stereocenters. The summed E-state index contributed by atoms with van der Waals surface area (Å²) in [5, 5.41) is 5.58. The molecule has 0 unspecified atom stereocenters. The first-order valence-corrected chi connectivity index (χ1v) is 7.18. The van der Waals surface area contributed by atoms with Gasteiger partial charge in [-0.05, 0) is 24.5 Å². The van der Waals surface area contributed by atoms with Gasteiger partial charge in [-0.1, -0.05) is 26.0 Å². The number of hydrogen-bond donors (Lipinski definition) is 2. The Balaban J connectivity index is 1.95. The number of rotatable bonds is 6. The number of amides is 1. The van der Waals surface area contributed by atoms with Crippen molar-refractivity contribution in [1.29, 1.82) is 0 Å². The third-order valence-electron chi connectivity index (χ3n) is 3.04. The van der Waals surface area contributed by atoms with Gasteiger partial charge in [0, 0.05) is 18.9 Å². The van der Waals surface area contributed by atoms with Gasteiger partial charge in [-0.25, -0.2) is 14.4 Å². The van der Waals surface area contributed by atoms with Crippen LogP contribution in [0.1, 0.15) is 30.6 Å². The summed E-state index contributed by atoms with van der Waals surface area (Å²) in [5.41, 5.74) is 0.666. The monoisotopic (exact) mass is 302 g/mol. The predicted molar refractivity (Wildman–Crippen MR) is 83.5 cm³/mol. The van der Waals surface area contributed by atoms with Gasteiger partial charge in [-0.15, -0.1) is 0 Å². The van der Waals surface area contributed by atoms with Crippen LogP contribution in [0.3, 0.4) is 0 Å². The van der Waals surface area contributed by atoms with Gasteiger partial charge < -0.3 is 10.6 Å². The zero-order valence-electron chi connectivity index (χ0n) is 12.6. The molecule has 2 aromatic rings. The topological polar surface area (TPSA) is 66.9 Å². The lowest BCUT2D eigenvalue weighted by Crippen LogP contribution is -2.25. The molecule has 0 fully saturated rings.